The summed E-state index contributed by atoms with van der Waals surface area (Å²) in [5.41, 5.74) is 0. The Bertz CT molecular complexity index is 589. The van der Waals surface area contributed by atoms with E-state index < -0.39 is 0 Å². The van der Waals surface area contributed by atoms with Gasteiger partial charge in [-0.3, -0.25) is 0 Å². The van der Waals surface area contributed by atoms with Crippen LogP contribution < -0.4 is 19.5 Å². The Kier molecular flexibility index (Phi) is 3.92. The summed E-state index contributed by atoms with van der Waals surface area (Å²) >= 11 is 3.35. The maximum Gasteiger partial charge on any atom is 0.231 e. The molecule has 0 atom stereocenters. The van der Waals surface area contributed by atoms with Crippen LogP contribution in [0.5, 0.6) is 17.2 Å². The summed E-state index contributed by atoms with van der Waals surface area (Å²) in [7, 11) is 0. The smallest absolute Gasteiger partial charge is 0.231 e. The second-order valence-electron chi connectivity index (χ2n) is 4.15. The van der Waals surface area contributed by atoms with E-state index in [1.165, 1.54) is 0 Å². The molecular formula is C14H13BrN2O3. The van der Waals surface area contributed by atoms with Gasteiger partial charge in [-0.25, -0.2) is 4.98 Å². The standard InChI is InChI=1S/C14H13BrN2O3/c15-10-1-4-14(17-8-10)16-5-6-18-11-2-3-12-13(7-11)20-9-19-12/h1-4,7-8H,5-6,9H2,(H,16,17). The van der Waals surface area contributed by atoms with Gasteiger partial charge < -0.3 is 19.5 Å². The third-order valence-corrected chi connectivity index (χ3v) is 3.22. The van der Waals surface area contributed by atoms with Gasteiger partial charge in [0.25, 0.3) is 0 Å². The summed E-state index contributed by atoms with van der Waals surface area (Å²) in [5.74, 6) is 3.07. The molecule has 1 aromatic carbocycles. The number of fused-ring (bicyclic) bond motifs is 1. The molecule has 2 aromatic rings. The molecule has 0 unspecified atom stereocenters. The molecule has 20 heavy (non-hydrogen) atoms. The van der Waals surface area contributed by atoms with Crippen molar-refractivity contribution in [2.45, 2.75) is 0 Å². The molecule has 0 bridgehead atoms. The normalized spacial score (nSPS) is 12.2. The molecular weight excluding hydrogens is 324 g/mol. The van der Waals surface area contributed by atoms with Crippen molar-refractivity contribution in [1.29, 1.82) is 0 Å². The van der Waals surface area contributed by atoms with E-state index >= 15 is 0 Å². The molecule has 1 N–H and O–H groups in total. The van der Waals surface area contributed by atoms with Crippen molar-refractivity contribution in [3.8, 4) is 17.2 Å². The summed E-state index contributed by atoms with van der Waals surface area (Å²) < 4.78 is 17.1. The van der Waals surface area contributed by atoms with E-state index in [0.29, 0.717) is 13.2 Å². The van der Waals surface area contributed by atoms with E-state index in [9.17, 15) is 0 Å². The quantitative estimate of drug-likeness (QED) is 0.850. The molecule has 0 saturated heterocycles. The molecule has 1 aromatic heterocycles. The van der Waals surface area contributed by atoms with E-state index in [2.05, 4.69) is 26.2 Å². The highest BCUT2D eigenvalue weighted by atomic mass is 79.9. The summed E-state index contributed by atoms with van der Waals surface area (Å²) in [6.45, 7) is 1.48. The summed E-state index contributed by atoms with van der Waals surface area (Å²) in [6.07, 6.45) is 1.75. The highest BCUT2D eigenvalue weighted by molar-refractivity contribution is 9.10. The fraction of sp³-hybridized carbons (Fsp3) is 0.214. The Balaban J connectivity index is 1.47. The van der Waals surface area contributed by atoms with Crippen LogP contribution in [-0.4, -0.2) is 24.9 Å². The van der Waals surface area contributed by atoms with Crippen molar-refractivity contribution in [3.63, 3.8) is 0 Å². The van der Waals surface area contributed by atoms with Crippen molar-refractivity contribution in [2.24, 2.45) is 0 Å². The number of aromatic nitrogens is 1. The van der Waals surface area contributed by atoms with E-state index in [1.807, 2.05) is 30.3 Å². The molecule has 104 valence electrons. The SMILES string of the molecule is Brc1ccc(NCCOc2ccc3c(c2)OCO3)nc1. The maximum absolute atomic E-state index is 5.64. The predicted octanol–water partition coefficient (Wildman–Crippen LogP) is 3.06. The number of halogens is 1. The molecule has 0 aliphatic carbocycles. The molecule has 0 fully saturated rings. The van der Waals surface area contributed by atoms with Gasteiger partial charge in [-0.15, -0.1) is 0 Å². The first-order valence-electron chi connectivity index (χ1n) is 6.19. The van der Waals surface area contributed by atoms with E-state index in [1.54, 1.807) is 6.20 Å². The van der Waals surface area contributed by atoms with Crippen molar-refractivity contribution in [2.75, 3.05) is 25.3 Å². The van der Waals surface area contributed by atoms with Crippen molar-refractivity contribution in [3.05, 3.63) is 41.0 Å². The fourth-order valence-corrected chi connectivity index (χ4v) is 2.03. The molecule has 3 rings (SSSR count). The minimum Gasteiger partial charge on any atom is -0.492 e. The van der Waals surface area contributed by atoms with Crippen LogP contribution in [0.3, 0.4) is 0 Å². The number of anilines is 1. The van der Waals surface area contributed by atoms with Gasteiger partial charge in [0.05, 0.1) is 6.54 Å². The third-order valence-electron chi connectivity index (χ3n) is 2.75. The van der Waals surface area contributed by atoms with Crippen LogP contribution in [0.2, 0.25) is 0 Å². The lowest BCUT2D eigenvalue weighted by Gasteiger charge is -2.08. The average molecular weight is 337 g/mol. The Morgan fingerprint density at radius 2 is 2.10 bits per heavy atom. The van der Waals surface area contributed by atoms with Gasteiger partial charge in [-0.05, 0) is 40.2 Å². The first-order chi connectivity index (χ1) is 9.81. The lowest BCUT2D eigenvalue weighted by Crippen LogP contribution is -2.12. The Morgan fingerprint density at radius 3 is 2.95 bits per heavy atom. The van der Waals surface area contributed by atoms with Crippen LogP contribution >= 0.6 is 15.9 Å². The molecule has 1 aliphatic rings. The summed E-state index contributed by atoms with van der Waals surface area (Å²) in [5, 5.41) is 3.18. The number of pyridine rings is 1. The summed E-state index contributed by atoms with van der Waals surface area (Å²) in [4.78, 5) is 4.22. The fourth-order valence-electron chi connectivity index (χ4n) is 1.80. The molecule has 0 amide bonds. The van der Waals surface area contributed by atoms with Gasteiger partial charge in [-0.1, -0.05) is 0 Å². The molecule has 2 heterocycles. The first-order valence-corrected chi connectivity index (χ1v) is 6.98. The highest BCUT2D eigenvalue weighted by Crippen LogP contribution is 2.34. The molecule has 0 spiro atoms. The van der Waals surface area contributed by atoms with Gasteiger partial charge in [0.15, 0.2) is 11.5 Å². The van der Waals surface area contributed by atoms with Crippen LogP contribution in [0.25, 0.3) is 0 Å². The van der Waals surface area contributed by atoms with Crippen molar-refractivity contribution < 1.29 is 14.2 Å². The van der Waals surface area contributed by atoms with Crippen molar-refractivity contribution in [1.82, 2.24) is 4.98 Å². The topological polar surface area (TPSA) is 52.6 Å². The van der Waals surface area contributed by atoms with Crippen LogP contribution in [0, 0.1) is 0 Å². The lowest BCUT2D eigenvalue weighted by atomic mass is 10.3. The number of rotatable bonds is 5. The highest BCUT2D eigenvalue weighted by Gasteiger charge is 2.13. The zero-order chi connectivity index (χ0) is 13.8. The third kappa shape index (κ3) is 3.14. The van der Waals surface area contributed by atoms with Crippen molar-refractivity contribution >= 4 is 21.7 Å². The van der Waals surface area contributed by atoms with Gasteiger partial charge in [-0.2, -0.15) is 0 Å². The van der Waals surface area contributed by atoms with Crippen LogP contribution in [0.15, 0.2) is 41.0 Å². The van der Waals surface area contributed by atoms with Gasteiger partial charge in [0.1, 0.15) is 18.2 Å². The number of nitrogens with zero attached hydrogens (tertiary/aromatic N) is 1. The molecule has 0 saturated carbocycles. The summed E-state index contributed by atoms with van der Waals surface area (Å²) in [6, 6.07) is 9.39. The van der Waals surface area contributed by atoms with Gasteiger partial charge >= 0.3 is 0 Å². The first kappa shape index (κ1) is 13.1. The minimum atomic E-state index is 0.273. The second-order valence-corrected chi connectivity index (χ2v) is 5.07. The Labute approximate surface area is 125 Å². The minimum absolute atomic E-state index is 0.273. The molecule has 1 aliphatic heterocycles. The number of nitrogens with one attached hydrogen (secondary N) is 1. The molecule has 6 heteroatoms. The van der Waals surface area contributed by atoms with Crippen LogP contribution in [-0.2, 0) is 0 Å². The maximum atomic E-state index is 5.64. The Hall–Kier alpha value is -1.95. The Morgan fingerprint density at radius 1 is 1.20 bits per heavy atom. The zero-order valence-corrected chi connectivity index (χ0v) is 12.2. The largest absolute Gasteiger partial charge is 0.492 e. The monoisotopic (exact) mass is 336 g/mol. The molecule has 5 nitrogen and oxygen atoms in total. The zero-order valence-electron chi connectivity index (χ0n) is 10.6. The molecule has 0 radical (unpaired) electrons. The number of ether oxygens (including phenoxy) is 3. The van der Waals surface area contributed by atoms with E-state index in [-0.39, 0.29) is 6.79 Å². The number of benzene rings is 1. The lowest BCUT2D eigenvalue weighted by molar-refractivity contribution is 0.174. The van der Waals surface area contributed by atoms with E-state index in [4.69, 9.17) is 14.2 Å². The van der Waals surface area contributed by atoms with Crippen LogP contribution in [0.4, 0.5) is 5.82 Å². The number of hydrogen-bond acceptors (Lipinski definition) is 5. The van der Waals surface area contributed by atoms with Crippen LogP contribution in [0.1, 0.15) is 0 Å². The second kappa shape index (κ2) is 6.00. The van der Waals surface area contributed by atoms with Gasteiger partial charge in [0.2, 0.25) is 6.79 Å². The predicted molar refractivity (Wildman–Crippen MR) is 78.5 cm³/mol. The average Bonchev–Trinajstić information content (AvgIpc) is 2.93. The van der Waals surface area contributed by atoms with E-state index in [0.717, 1.165) is 27.5 Å². The number of hydrogen-bond donors (Lipinski definition) is 1. The van der Waals surface area contributed by atoms with Gasteiger partial charge in [0, 0.05) is 16.7 Å².